The van der Waals surface area contributed by atoms with Gasteiger partial charge in [0.05, 0.1) is 0 Å². The Hall–Kier alpha value is -1.58. The van der Waals surface area contributed by atoms with E-state index >= 15 is 0 Å². The molecule has 1 saturated heterocycles. The highest BCUT2D eigenvalue weighted by molar-refractivity contribution is 7.80. The molecule has 2 aliphatic heterocycles. The van der Waals surface area contributed by atoms with Gasteiger partial charge in [-0.05, 0) is 24.6 Å². The maximum absolute atomic E-state index is 14.8. The van der Waals surface area contributed by atoms with Crippen molar-refractivity contribution in [1.29, 1.82) is 0 Å². The molecule has 0 spiro atoms. The van der Waals surface area contributed by atoms with Gasteiger partial charge in [0.1, 0.15) is 23.6 Å². The van der Waals surface area contributed by atoms with Gasteiger partial charge in [-0.15, -0.1) is 0 Å². The Bertz CT molecular complexity index is 756. The number of aliphatic hydroxyl groups excluding tert-OH is 1. The second-order valence-electron chi connectivity index (χ2n) is 6.12. The molecule has 148 valence electrons. The first kappa shape index (κ1) is 20.2. The van der Waals surface area contributed by atoms with Crippen LogP contribution in [-0.4, -0.2) is 46.2 Å². The molecule has 2 unspecified atom stereocenters. The van der Waals surface area contributed by atoms with E-state index in [-0.39, 0.29) is 12.2 Å². The normalized spacial score (nSPS) is 32.0. The minimum Gasteiger partial charge on any atom is -0.426 e. The molecule has 11 heteroatoms. The summed E-state index contributed by atoms with van der Waals surface area (Å²) < 4.78 is 56.0. The number of aliphatic hydroxyl groups is 1. The van der Waals surface area contributed by atoms with Crippen molar-refractivity contribution in [1.82, 2.24) is 10.2 Å². The maximum atomic E-state index is 14.8. The van der Waals surface area contributed by atoms with E-state index in [2.05, 4.69) is 5.32 Å². The van der Waals surface area contributed by atoms with E-state index in [9.17, 15) is 18.5 Å². The van der Waals surface area contributed by atoms with Gasteiger partial charge in [-0.25, -0.2) is 13.3 Å². The lowest BCUT2D eigenvalue weighted by Gasteiger charge is -2.36. The highest BCUT2D eigenvalue weighted by atomic mass is 32.1. The van der Waals surface area contributed by atoms with Gasteiger partial charge in [-0.1, -0.05) is 30.4 Å². The van der Waals surface area contributed by atoms with E-state index in [1.165, 1.54) is 11.1 Å². The largest absolute Gasteiger partial charge is 0.426 e. The van der Waals surface area contributed by atoms with E-state index in [0.29, 0.717) is 10.6 Å². The molecule has 2 heterocycles. The molecule has 27 heavy (non-hydrogen) atoms. The van der Waals surface area contributed by atoms with Crippen LogP contribution >= 0.6 is 20.5 Å². The minimum atomic E-state index is -3.10. The molecule has 0 aromatic heterocycles. The summed E-state index contributed by atoms with van der Waals surface area (Å²) in [6.45, 7) is 0.780. The number of alkyl halides is 2. The Kier molecular flexibility index (Phi) is 6.12. The van der Waals surface area contributed by atoms with E-state index in [4.69, 9.17) is 26.0 Å². The number of para-hydroxylation sites is 1. The zero-order chi connectivity index (χ0) is 19.6. The van der Waals surface area contributed by atoms with Gasteiger partial charge in [-0.2, -0.15) is 0 Å². The van der Waals surface area contributed by atoms with Crippen molar-refractivity contribution in [2.45, 2.75) is 38.0 Å². The van der Waals surface area contributed by atoms with Crippen molar-refractivity contribution in [3.63, 3.8) is 0 Å². The molecular weight excluding hydrogens is 401 g/mol. The van der Waals surface area contributed by atoms with Crippen LogP contribution in [0, 0.1) is 0 Å². The molecule has 2 N–H and O–H groups in total. The van der Waals surface area contributed by atoms with Gasteiger partial charge in [-0.3, -0.25) is 4.52 Å². The number of nitrogens with zero attached hydrogens (tertiary/aromatic N) is 1. The predicted octanol–water partition coefficient (Wildman–Crippen LogP) is 2.63. The van der Waals surface area contributed by atoms with Crippen molar-refractivity contribution >= 4 is 25.5 Å². The zero-order valence-electron chi connectivity index (χ0n) is 14.3. The average molecular weight is 420 g/mol. The van der Waals surface area contributed by atoms with Crippen LogP contribution in [0.4, 0.5) is 8.78 Å². The average Bonchev–Trinajstić information content (AvgIpc) is 2.92. The molecule has 0 bridgehead atoms. The molecular formula is C16H19F2N2O5PS. The molecule has 2 aliphatic rings. The summed E-state index contributed by atoms with van der Waals surface area (Å²) in [6.07, 6.45) is -3.29. The van der Waals surface area contributed by atoms with Crippen LogP contribution in [0.5, 0.6) is 5.75 Å². The fourth-order valence-corrected chi connectivity index (χ4v) is 3.54. The number of thiocarbonyl (C=S) groups is 1. The Balaban J connectivity index is 1.59. The second-order valence-corrected chi connectivity index (χ2v) is 7.52. The van der Waals surface area contributed by atoms with Crippen molar-refractivity contribution in [2.75, 3.05) is 6.61 Å². The van der Waals surface area contributed by atoms with Gasteiger partial charge >= 0.3 is 8.25 Å². The number of rotatable bonds is 6. The molecule has 0 amide bonds. The molecule has 0 saturated carbocycles. The van der Waals surface area contributed by atoms with Crippen LogP contribution < -0.4 is 9.84 Å². The SMILES string of the molecule is CC1=CN([C@H]2C[C@H](F)[C@@](F)(CO[PH](=O)Oc3ccccc3)O2)C(O)NC1=S. The molecule has 0 aliphatic carbocycles. The number of hydrogen-bond acceptors (Lipinski definition) is 7. The topological polar surface area (TPSA) is 80.3 Å². The summed E-state index contributed by atoms with van der Waals surface area (Å²) in [6, 6.07) is 8.20. The number of ether oxygens (including phenoxy) is 1. The van der Waals surface area contributed by atoms with Crippen LogP contribution in [0.1, 0.15) is 13.3 Å². The van der Waals surface area contributed by atoms with Gasteiger partial charge in [0.2, 0.25) is 6.35 Å². The van der Waals surface area contributed by atoms with Gasteiger partial charge in [0, 0.05) is 12.6 Å². The van der Waals surface area contributed by atoms with Gasteiger partial charge < -0.3 is 24.6 Å². The molecule has 1 aromatic rings. The van der Waals surface area contributed by atoms with Crippen molar-refractivity contribution in [3.8, 4) is 5.75 Å². The third-order valence-corrected chi connectivity index (χ3v) is 5.34. The third-order valence-electron chi connectivity index (χ3n) is 4.12. The van der Waals surface area contributed by atoms with Crippen LogP contribution in [0.2, 0.25) is 0 Å². The monoisotopic (exact) mass is 420 g/mol. The fraction of sp³-hybridized carbons (Fsp3) is 0.438. The van der Waals surface area contributed by atoms with Crippen molar-refractivity contribution < 1.29 is 32.2 Å². The lowest BCUT2D eigenvalue weighted by Crippen LogP contribution is -2.53. The van der Waals surface area contributed by atoms with E-state index in [1.54, 1.807) is 37.3 Å². The Morgan fingerprint density at radius 1 is 1.48 bits per heavy atom. The molecule has 3 rings (SSSR count). The first-order valence-corrected chi connectivity index (χ1v) is 9.77. The highest BCUT2D eigenvalue weighted by Gasteiger charge is 2.53. The number of nitrogens with one attached hydrogen (secondary N) is 1. The van der Waals surface area contributed by atoms with Crippen LogP contribution in [-0.2, 0) is 13.8 Å². The van der Waals surface area contributed by atoms with Crippen LogP contribution in [0.15, 0.2) is 42.1 Å². The second kappa shape index (κ2) is 8.20. The lowest BCUT2D eigenvalue weighted by atomic mass is 10.1. The molecule has 7 nitrogen and oxygen atoms in total. The quantitative estimate of drug-likeness (QED) is 0.537. The summed E-state index contributed by atoms with van der Waals surface area (Å²) in [5.41, 5.74) is 0.614. The summed E-state index contributed by atoms with van der Waals surface area (Å²) >= 11 is 5.00. The Labute approximate surface area is 160 Å². The predicted molar refractivity (Wildman–Crippen MR) is 97.6 cm³/mol. The van der Waals surface area contributed by atoms with E-state index in [0.717, 1.165) is 0 Å². The van der Waals surface area contributed by atoms with Crippen molar-refractivity contribution in [3.05, 3.63) is 42.1 Å². The standard InChI is InChI=1S/C16H19F2N2O5PS/c1-10-8-20(15(21)19-14(10)27)13-7-12(17)16(18,24-13)9-23-26(22)25-11-5-3-2-4-6-11/h2-6,8,12-13,15,21,26H,7,9H2,1H3,(H,19,27)/t12-,13+,15?,16+/m0/s1. The fourth-order valence-electron chi connectivity index (χ4n) is 2.68. The molecule has 5 atom stereocenters. The number of hydrogen-bond donors (Lipinski definition) is 2. The van der Waals surface area contributed by atoms with E-state index < -0.39 is 39.5 Å². The zero-order valence-corrected chi connectivity index (χ0v) is 16.1. The first-order chi connectivity index (χ1) is 12.8. The maximum Gasteiger partial charge on any atom is 0.368 e. The minimum absolute atomic E-state index is 0.287. The lowest BCUT2D eigenvalue weighted by molar-refractivity contribution is -0.213. The molecule has 1 aromatic carbocycles. The van der Waals surface area contributed by atoms with Gasteiger partial charge in [0.25, 0.3) is 5.85 Å². The summed E-state index contributed by atoms with van der Waals surface area (Å²) in [5.74, 6) is -2.53. The summed E-state index contributed by atoms with van der Waals surface area (Å²) in [7, 11) is -3.10. The third kappa shape index (κ3) is 4.64. The Morgan fingerprint density at radius 2 is 2.19 bits per heavy atom. The Morgan fingerprint density at radius 3 is 2.89 bits per heavy atom. The first-order valence-electron chi connectivity index (χ1n) is 8.14. The van der Waals surface area contributed by atoms with Crippen LogP contribution in [0.25, 0.3) is 0 Å². The molecule has 0 radical (unpaired) electrons. The smallest absolute Gasteiger partial charge is 0.368 e. The summed E-state index contributed by atoms with van der Waals surface area (Å²) in [5, 5.41) is 12.6. The summed E-state index contributed by atoms with van der Waals surface area (Å²) in [4.78, 5) is 1.56. The van der Waals surface area contributed by atoms with Crippen molar-refractivity contribution in [2.24, 2.45) is 0 Å². The number of halogens is 2. The van der Waals surface area contributed by atoms with Gasteiger partial charge in [0.15, 0.2) is 6.17 Å². The molecule has 1 fully saturated rings. The number of benzene rings is 1. The van der Waals surface area contributed by atoms with E-state index in [1.807, 2.05) is 0 Å². The highest BCUT2D eigenvalue weighted by Crippen LogP contribution is 2.40. The van der Waals surface area contributed by atoms with Crippen LogP contribution in [0.3, 0.4) is 0 Å².